The Balaban J connectivity index is 2.00. The van der Waals surface area contributed by atoms with Gasteiger partial charge in [0, 0.05) is 28.6 Å². The highest BCUT2D eigenvalue weighted by atomic mass is 79.9. The van der Waals surface area contributed by atoms with Crippen LogP contribution in [0.2, 0.25) is 0 Å². The number of hydrogen-bond acceptors (Lipinski definition) is 3. The first-order chi connectivity index (χ1) is 10.3. The van der Waals surface area contributed by atoms with E-state index in [9.17, 15) is 12.8 Å². The number of nitrogens with zero attached hydrogens (tertiary/aromatic N) is 1. The number of nitrogens with one attached hydrogen (secondary N) is 1. The fraction of sp³-hybridized carbons (Fsp3) is 0.571. The van der Waals surface area contributed by atoms with Crippen molar-refractivity contribution < 1.29 is 12.8 Å². The van der Waals surface area contributed by atoms with Crippen LogP contribution in [0.5, 0.6) is 0 Å². The van der Waals surface area contributed by atoms with E-state index >= 15 is 0 Å². The smallest absolute Gasteiger partial charge is 0.242 e. The minimum atomic E-state index is -3.69. The molecule has 0 aromatic heterocycles. The Morgan fingerprint density at radius 3 is 2.59 bits per heavy atom. The second-order valence-electron chi connectivity index (χ2n) is 5.64. The molecule has 1 atom stereocenters. The summed E-state index contributed by atoms with van der Waals surface area (Å²) in [5.74, 6) is 0.158. The summed E-state index contributed by atoms with van der Waals surface area (Å²) < 4.78 is 41.0. The molecule has 2 rings (SSSR count). The third kappa shape index (κ3) is 4.74. The predicted octanol–water partition coefficient (Wildman–Crippen LogP) is 3.36. The Bertz CT molecular complexity index is 617. The fourth-order valence-corrected chi connectivity index (χ4v) is 6.23. The SMILES string of the molecule is CC1CCCN(CCNS(=O)(=O)c2c(Br)cc(F)cc2Br)C1. The Labute approximate surface area is 147 Å². The molecule has 0 bridgehead atoms. The minimum Gasteiger partial charge on any atom is -0.302 e. The van der Waals surface area contributed by atoms with Gasteiger partial charge in [-0.2, -0.15) is 0 Å². The van der Waals surface area contributed by atoms with Crippen LogP contribution < -0.4 is 4.72 Å². The van der Waals surface area contributed by atoms with Crippen molar-refractivity contribution in [2.24, 2.45) is 5.92 Å². The molecule has 1 N–H and O–H groups in total. The summed E-state index contributed by atoms with van der Waals surface area (Å²) in [4.78, 5) is 2.30. The van der Waals surface area contributed by atoms with Gasteiger partial charge in [-0.1, -0.05) is 6.92 Å². The van der Waals surface area contributed by atoms with Crippen LogP contribution >= 0.6 is 31.9 Å². The number of likely N-dealkylation sites (tertiary alicyclic amines) is 1. The van der Waals surface area contributed by atoms with Crippen molar-refractivity contribution in [2.45, 2.75) is 24.7 Å². The maximum Gasteiger partial charge on any atom is 0.242 e. The van der Waals surface area contributed by atoms with Crippen LogP contribution in [0.1, 0.15) is 19.8 Å². The van der Waals surface area contributed by atoms with Gasteiger partial charge in [0.1, 0.15) is 10.7 Å². The quantitative estimate of drug-likeness (QED) is 0.737. The van der Waals surface area contributed by atoms with E-state index in [-0.39, 0.29) is 13.8 Å². The van der Waals surface area contributed by atoms with Gasteiger partial charge in [-0.05, 0) is 69.3 Å². The average molecular weight is 458 g/mol. The van der Waals surface area contributed by atoms with E-state index in [2.05, 4.69) is 48.4 Å². The lowest BCUT2D eigenvalue weighted by Crippen LogP contribution is -2.40. The van der Waals surface area contributed by atoms with Gasteiger partial charge < -0.3 is 4.90 Å². The Kier molecular flexibility index (Phi) is 6.41. The monoisotopic (exact) mass is 456 g/mol. The molecule has 4 nitrogen and oxygen atoms in total. The number of piperidine rings is 1. The zero-order valence-electron chi connectivity index (χ0n) is 12.3. The van der Waals surface area contributed by atoms with Crippen molar-refractivity contribution in [3.05, 3.63) is 26.9 Å². The molecule has 1 heterocycles. The zero-order valence-corrected chi connectivity index (χ0v) is 16.3. The molecule has 0 amide bonds. The van der Waals surface area contributed by atoms with Crippen LogP contribution in [-0.2, 0) is 10.0 Å². The Morgan fingerprint density at radius 2 is 2.00 bits per heavy atom. The van der Waals surface area contributed by atoms with E-state index < -0.39 is 15.8 Å². The Morgan fingerprint density at radius 1 is 1.36 bits per heavy atom. The molecule has 1 unspecified atom stereocenters. The Hall–Kier alpha value is -0.0200. The van der Waals surface area contributed by atoms with Gasteiger partial charge in [-0.3, -0.25) is 0 Å². The molecule has 1 aromatic carbocycles. The first-order valence-electron chi connectivity index (χ1n) is 7.16. The van der Waals surface area contributed by atoms with Gasteiger partial charge in [0.2, 0.25) is 10.0 Å². The highest BCUT2D eigenvalue weighted by Gasteiger charge is 2.23. The van der Waals surface area contributed by atoms with Crippen molar-refractivity contribution in [1.29, 1.82) is 0 Å². The molecule has 1 saturated heterocycles. The number of sulfonamides is 1. The predicted molar refractivity (Wildman–Crippen MR) is 91.8 cm³/mol. The van der Waals surface area contributed by atoms with Gasteiger partial charge in [0.05, 0.1) is 0 Å². The third-order valence-electron chi connectivity index (χ3n) is 3.69. The van der Waals surface area contributed by atoms with Gasteiger partial charge in [0.25, 0.3) is 0 Å². The summed E-state index contributed by atoms with van der Waals surface area (Å²) >= 11 is 6.22. The topological polar surface area (TPSA) is 49.4 Å². The van der Waals surface area contributed by atoms with E-state index in [1.165, 1.54) is 6.42 Å². The maximum absolute atomic E-state index is 13.2. The van der Waals surface area contributed by atoms with Crippen molar-refractivity contribution >= 4 is 41.9 Å². The molecule has 1 aliphatic heterocycles. The normalized spacial score (nSPS) is 20.3. The van der Waals surface area contributed by atoms with E-state index in [0.717, 1.165) is 31.6 Å². The summed E-state index contributed by atoms with van der Waals surface area (Å²) in [6, 6.07) is 2.29. The van der Waals surface area contributed by atoms with Crippen LogP contribution in [0.25, 0.3) is 0 Å². The van der Waals surface area contributed by atoms with E-state index in [4.69, 9.17) is 0 Å². The van der Waals surface area contributed by atoms with Gasteiger partial charge in [-0.25, -0.2) is 17.5 Å². The highest BCUT2D eigenvalue weighted by Crippen LogP contribution is 2.30. The second kappa shape index (κ2) is 7.70. The number of halogens is 3. The van der Waals surface area contributed by atoms with E-state index in [1.807, 2.05) is 0 Å². The van der Waals surface area contributed by atoms with Crippen molar-refractivity contribution in [2.75, 3.05) is 26.2 Å². The molecule has 0 radical (unpaired) electrons. The van der Waals surface area contributed by atoms with Crippen LogP contribution in [-0.4, -0.2) is 39.5 Å². The lowest BCUT2D eigenvalue weighted by molar-refractivity contribution is 0.187. The summed E-state index contributed by atoms with van der Waals surface area (Å²) in [7, 11) is -3.69. The van der Waals surface area contributed by atoms with Crippen LogP contribution in [0.3, 0.4) is 0 Å². The van der Waals surface area contributed by atoms with Crippen LogP contribution in [0, 0.1) is 11.7 Å². The molecule has 22 heavy (non-hydrogen) atoms. The zero-order chi connectivity index (χ0) is 16.3. The summed E-state index contributed by atoms with van der Waals surface area (Å²) in [6.07, 6.45) is 2.39. The average Bonchev–Trinajstić information content (AvgIpc) is 2.36. The lowest BCUT2D eigenvalue weighted by Gasteiger charge is -2.30. The second-order valence-corrected chi connectivity index (χ2v) is 9.06. The molecule has 124 valence electrons. The standard InChI is InChI=1S/C14H19Br2FN2O2S/c1-10-3-2-5-19(9-10)6-4-18-22(20,21)14-12(15)7-11(17)8-13(14)16/h7-8,10,18H,2-6,9H2,1H3. The van der Waals surface area contributed by atoms with Gasteiger partial charge >= 0.3 is 0 Å². The van der Waals surface area contributed by atoms with Crippen LogP contribution in [0.4, 0.5) is 4.39 Å². The number of benzene rings is 1. The van der Waals surface area contributed by atoms with Gasteiger partial charge in [-0.15, -0.1) is 0 Å². The molecule has 1 aromatic rings. The first kappa shape index (κ1) is 18.3. The van der Waals surface area contributed by atoms with Crippen molar-refractivity contribution in [3.63, 3.8) is 0 Å². The summed E-state index contributed by atoms with van der Waals surface area (Å²) in [5, 5.41) is 0. The number of rotatable bonds is 5. The molecular formula is C14H19Br2FN2O2S. The largest absolute Gasteiger partial charge is 0.302 e. The molecule has 1 aliphatic rings. The van der Waals surface area contributed by atoms with Crippen molar-refractivity contribution in [3.8, 4) is 0 Å². The first-order valence-corrected chi connectivity index (χ1v) is 10.2. The highest BCUT2D eigenvalue weighted by molar-refractivity contribution is 9.11. The summed E-state index contributed by atoms with van der Waals surface area (Å²) in [5.41, 5.74) is 0. The molecular weight excluding hydrogens is 439 g/mol. The molecule has 0 saturated carbocycles. The molecule has 0 spiro atoms. The summed E-state index contributed by atoms with van der Waals surface area (Å²) in [6.45, 7) is 5.25. The van der Waals surface area contributed by atoms with Crippen molar-refractivity contribution in [1.82, 2.24) is 9.62 Å². The number of hydrogen-bond donors (Lipinski definition) is 1. The lowest BCUT2D eigenvalue weighted by atomic mass is 10.0. The minimum absolute atomic E-state index is 0.0286. The molecule has 0 aliphatic carbocycles. The maximum atomic E-state index is 13.2. The van der Waals surface area contributed by atoms with E-state index in [0.29, 0.717) is 19.0 Å². The third-order valence-corrected chi connectivity index (χ3v) is 7.03. The van der Waals surface area contributed by atoms with Crippen LogP contribution in [0.15, 0.2) is 26.0 Å². The molecule has 1 fully saturated rings. The molecule has 8 heteroatoms. The van der Waals surface area contributed by atoms with E-state index in [1.54, 1.807) is 0 Å². The fourth-order valence-electron chi connectivity index (χ4n) is 2.69. The van der Waals surface area contributed by atoms with Gasteiger partial charge in [0.15, 0.2) is 0 Å².